The van der Waals surface area contributed by atoms with Crippen LogP contribution in [0.15, 0.2) is 97.1 Å². The summed E-state index contributed by atoms with van der Waals surface area (Å²) in [6.45, 7) is 0. The maximum absolute atomic E-state index is 13.6. The van der Waals surface area contributed by atoms with E-state index in [1.165, 1.54) is 4.90 Å². The lowest BCUT2D eigenvalue weighted by Gasteiger charge is -2.32. The summed E-state index contributed by atoms with van der Waals surface area (Å²) in [5.74, 6) is -1.44. The van der Waals surface area contributed by atoms with Gasteiger partial charge >= 0.3 is 0 Å². The fourth-order valence-electron chi connectivity index (χ4n) is 4.78. The molecule has 1 saturated heterocycles. The second kappa shape index (κ2) is 7.58. The Morgan fingerprint density at radius 2 is 1.03 bits per heavy atom. The van der Waals surface area contributed by atoms with Crippen molar-refractivity contribution in [3.8, 4) is 0 Å². The number of imide groups is 1. The van der Waals surface area contributed by atoms with Gasteiger partial charge in [-0.25, -0.2) is 4.90 Å². The van der Waals surface area contributed by atoms with Crippen molar-refractivity contribution in [2.75, 3.05) is 4.90 Å². The van der Waals surface area contributed by atoms with E-state index in [0.717, 1.165) is 11.1 Å². The normalized spacial score (nSPS) is 25.4. The third-order valence-electron chi connectivity index (χ3n) is 6.15. The summed E-state index contributed by atoms with van der Waals surface area (Å²) in [5.41, 5.74) is 2.67. The number of rotatable bonds is 3. The molecule has 2 amide bonds. The number of nitrogens with zero attached hydrogens (tertiary/aromatic N) is 1. The van der Waals surface area contributed by atoms with E-state index < -0.39 is 11.8 Å². The van der Waals surface area contributed by atoms with E-state index in [1.807, 2.05) is 60.7 Å². The van der Waals surface area contributed by atoms with E-state index >= 15 is 0 Å². The van der Waals surface area contributed by atoms with Gasteiger partial charge in [0.05, 0.1) is 17.5 Å². The first kappa shape index (κ1) is 18.8. The minimum Gasteiger partial charge on any atom is -0.274 e. The molecule has 1 heterocycles. The zero-order valence-electron chi connectivity index (χ0n) is 16.2. The maximum Gasteiger partial charge on any atom is 0.238 e. The Bertz CT molecular complexity index is 1040. The highest BCUT2D eigenvalue weighted by Crippen LogP contribution is 2.50. The van der Waals surface area contributed by atoms with Crippen molar-refractivity contribution in [1.82, 2.24) is 0 Å². The van der Waals surface area contributed by atoms with E-state index in [1.54, 1.807) is 24.3 Å². The SMILES string of the molecule is O=C1C2C(c3ccccc3)C=CC(c3ccccc3)C2C(=O)N1c1ccc(Cl)cc1. The number of benzene rings is 3. The summed E-state index contributed by atoms with van der Waals surface area (Å²) in [6.07, 6.45) is 4.20. The van der Waals surface area contributed by atoms with Gasteiger partial charge in [-0.1, -0.05) is 84.4 Å². The van der Waals surface area contributed by atoms with Gasteiger partial charge in [0.2, 0.25) is 11.8 Å². The first-order valence-electron chi connectivity index (χ1n) is 10.1. The van der Waals surface area contributed by atoms with Crippen LogP contribution in [0.2, 0.25) is 5.02 Å². The topological polar surface area (TPSA) is 37.4 Å². The summed E-state index contributed by atoms with van der Waals surface area (Å²) in [7, 11) is 0. The van der Waals surface area contributed by atoms with E-state index in [9.17, 15) is 9.59 Å². The number of hydrogen-bond donors (Lipinski definition) is 0. The summed E-state index contributed by atoms with van der Waals surface area (Å²) < 4.78 is 0. The average Bonchev–Trinajstić information content (AvgIpc) is 3.06. The van der Waals surface area contributed by atoms with E-state index in [4.69, 9.17) is 11.6 Å². The van der Waals surface area contributed by atoms with Gasteiger partial charge in [-0.15, -0.1) is 0 Å². The largest absolute Gasteiger partial charge is 0.274 e. The van der Waals surface area contributed by atoms with Gasteiger partial charge < -0.3 is 0 Å². The van der Waals surface area contributed by atoms with Gasteiger partial charge in [0, 0.05) is 16.9 Å². The number of hydrogen-bond acceptors (Lipinski definition) is 2. The summed E-state index contributed by atoms with van der Waals surface area (Å²) in [6, 6.07) is 26.8. The van der Waals surface area contributed by atoms with Crippen molar-refractivity contribution >= 4 is 29.1 Å². The zero-order valence-corrected chi connectivity index (χ0v) is 16.9. The van der Waals surface area contributed by atoms with E-state index in [0.29, 0.717) is 10.7 Å². The van der Waals surface area contributed by atoms with Crippen molar-refractivity contribution < 1.29 is 9.59 Å². The second-order valence-corrected chi connectivity index (χ2v) is 8.23. The Morgan fingerprint density at radius 1 is 0.600 bits per heavy atom. The lowest BCUT2D eigenvalue weighted by molar-refractivity contribution is -0.122. The Hall–Kier alpha value is -3.17. The molecular weight excluding hydrogens is 394 g/mol. The fourth-order valence-corrected chi connectivity index (χ4v) is 4.90. The van der Waals surface area contributed by atoms with E-state index in [2.05, 4.69) is 12.2 Å². The Balaban J connectivity index is 1.63. The van der Waals surface area contributed by atoms with Crippen LogP contribution >= 0.6 is 11.6 Å². The third kappa shape index (κ3) is 3.06. The molecule has 5 rings (SSSR count). The van der Waals surface area contributed by atoms with Crippen LogP contribution in [0, 0.1) is 11.8 Å². The molecule has 30 heavy (non-hydrogen) atoms. The first-order valence-corrected chi connectivity index (χ1v) is 10.4. The molecule has 1 fully saturated rings. The predicted molar refractivity (Wildman–Crippen MR) is 118 cm³/mol. The van der Waals surface area contributed by atoms with Crippen LogP contribution in [-0.4, -0.2) is 11.8 Å². The van der Waals surface area contributed by atoms with Crippen molar-refractivity contribution in [1.29, 1.82) is 0 Å². The Morgan fingerprint density at radius 3 is 1.47 bits per heavy atom. The number of carbonyl (C=O) groups excluding carboxylic acids is 2. The number of allylic oxidation sites excluding steroid dienone is 2. The molecule has 1 aliphatic heterocycles. The lowest BCUT2D eigenvalue weighted by atomic mass is 9.68. The molecule has 3 aromatic rings. The number of anilines is 1. The predicted octanol–water partition coefficient (Wildman–Crippen LogP) is 5.58. The van der Waals surface area contributed by atoms with Crippen molar-refractivity contribution in [3.05, 3.63) is 113 Å². The van der Waals surface area contributed by atoms with Crippen LogP contribution in [0.3, 0.4) is 0 Å². The average molecular weight is 414 g/mol. The van der Waals surface area contributed by atoms with Gasteiger partial charge in [-0.2, -0.15) is 0 Å². The minimum atomic E-state index is -0.439. The summed E-state index contributed by atoms with van der Waals surface area (Å²) in [5, 5.41) is 0.571. The molecule has 3 aromatic carbocycles. The molecule has 4 atom stereocenters. The number of fused-ring (bicyclic) bond motifs is 1. The highest BCUT2D eigenvalue weighted by atomic mass is 35.5. The van der Waals surface area contributed by atoms with Crippen molar-refractivity contribution in [3.63, 3.8) is 0 Å². The maximum atomic E-state index is 13.6. The smallest absolute Gasteiger partial charge is 0.238 e. The first-order chi connectivity index (χ1) is 14.6. The highest BCUT2D eigenvalue weighted by Gasteiger charge is 2.55. The van der Waals surface area contributed by atoms with Gasteiger partial charge in [0.1, 0.15) is 0 Å². The van der Waals surface area contributed by atoms with Crippen LogP contribution in [0.5, 0.6) is 0 Å². The molecule has 0 N–H and O–H groups in total. The number of halogens is 1. The fraction of sp³-hybridized carbons (Fsp3) is 0.154. The van der Waals surface area contributed by atoms with Crippen LogP contribution < -0.4 is 4.90 Å². The van der Waals surface area contributed by atoms with Gasteiger partial charge in [0.15, 0.2) is 0 Å². The Kier molecular flexibility index (Phi) is 4.76. The molecular formula is C26H20ClNO2. The summed E-state index contributed by atoms with van der Waals surface area (Å²) >= 11 is 6.02. The molecule has 0 saturated carbocycles. The lowest BCUT2D eigenvalue weighted by Crippen LogP contribution is -2.31. The minimum absolute atomic E-state index is 0.134. The quantitative estimate of drug-likeness (QED) is 0.415. The molecule has 0 spiro atoms. The van der Waals surface area contributed by atoms with Crippen molar-refractivity contribution in [2.45, 2.75) is 11.8 Å². The van der Waals surface area contributed by atoms with Crippen LogP contribution in [0.4, 0.5) is 5.69 Å². The highest BCUT2D eigenvalue weighted by molar-refractivity contribution is 6.30. The number of carbonyl (C=O) groups is 2. The molecule has 0 aromatic heterocycles. The molecule has 0 radical (unpaired) electrons. The molecule has 3 nitrogen and oxygen atoms in total. The van der Waals surface area contributed by atoms with Gasteiger partial charge in [-0.05, 0) is 35.4 Å². The van der Waals surface area contributed by atoms with E-state index in [-0.39, 0.29) is 23.7 Å². The molecule has 148 valence electrons. The summed E-state index contributed by atoms with van der Waals surface area (Å²) in [4.78, 5) is 28.6. The van der Waals surface area contributed by atoms with Crippen LogP contribution in [-0.2, 0) is 9.59 Å². The number of amides is 2. The van der Waals surface area contributed by atoms with Crippen LogP contribution in [0.1, 0.15) is 23.0 Å². The molecule has 0 bridgehead atoms. The van der Waals surface area contributed by atoms with Gasteiger partial charge in [0.25, 0.3) is 0 Å². The zero-order chi connectivity index (χ0) is 20.7. The standard InChI is InChI=1S/C26H20ClNO2/c27-19-11-13-20(14-12-19)28-25(29)23-21(17-7-3-1-4-8-17)15-16-22(24(23)26(28)30)18-9-5-2-6-10-18/h1-16,21-24H. The molecule has 4 heteroatoms. The second-order valence-electron chi connectivity index (χ2n) is 7.80. The van der Waals surface area contributed by atoms with Crippen molar-refractivity contribution in [2.24, 2.45) is 11.8 Å². The van der Waals surface area contributed by atoms with Gasteiger partial charge in [-0.3, -0.25) is 9.59 Å². The Labute approximate surface area is 180 Å². The molecule has 4 unspecified atom stereocenters. The molecule has 2 aliphatic rings. The molecule has 1 aliphatic carbocycles. The van der Waals surface area contributed by atoms with Crippen LogP contribution in [0.25, 0.3) is 0 Å². The monoisotopic (exact) mass is 413 g/mol. The third-order valence-corrected chi connectivity index (χ3v) is 6.40.